The number of urea groups is 1. The summed E-state index contributed by atoms with van der Waals surface area (Å²) in [6, 6.07) is 0.445. The van der Waals surface area contributed by atoms with Gasteiger partial charge in [0.1, 0.15) is 0 Å². The number of amides is 2. The predicted molar refractivity (Wildman–Crippen MR) is 63.4 cm³/mol. The van der Waals surface area contributed by atoms with Crippen LogP contribution >= 0.6 is 0 Å². The number of carbonyl (C=O) groups excluding carboxylic acids is 1. The fourth-order valence-electron chi connectivity index (χ4n) is 1.88. The van der Waals surface area contributed by atoms with Gasteiger partial charge in [0.2, 0.25) is 0 Å². The summed E-state index contributed by atoms with van der Waals surface area (Å²) in [7, 11) is 3.45. The average molecular weight is 229 g/mol. The summed E-state index contributed by atoms with van der Waals surface area (Å²) in [6.45, 7) is 1.44. The van der Waals surface area contributed by atoms with E-state index < -0.39 is 0 Å². The van der Waals surface area contributed by atoms with Gasteiger partial charge in [-0.05, 0) is 25.7 Å². The number of rotatable bonds is 4. The molecule has 0 heterocycles. The van der Waals surface area contributed by atoms with Gasteiger partial charge in [0.15, 0.2) is 0 Å². The molecule has 1 aliphatic rings. The molecule has 0 unspecified atom stereocenters. The Bertz CT molecular complexity index is 213. The molecular formula is C11H23N3O2. The fourth-order valence-corrected chi connectivity index (χ4v) is 1.88. The second-order valence-electron chi connectivity index (χ2n) is 4.59. The van der Waals surface area contributed by atoms with Crippen molar-refractivity contribution in [3.8, 4) is 0 Å². The Labute approximate surface area is 97.2 Å². The third-order valence-corrected chi connectivity index (χ3v) is 2.94. The monoisotopic (exact) mass is 229 g/mol. The Kier molecular flexibility index (Phi) is 5.55. The van der Waals surface area contributed by atoms with E-state index in [1.165, 1.54) is 4.90 Å². The summed E-state index contributed by atoms with van der Waals surface area (Å²) < 4.78 is 0. The molecule has 5 nitrogen and oxygen atoms in total. The Morgan fingerprint density at radius 1 is 1.25 bits per heavy atom. The molecular weight excluding hydrogens is 206 g/mol. The van der Waals surface area contributed by atoms with Crippen molar-refractivity contribution in [1.82, 2.24) is 15.5 Å². The third kappa shape index (κ3) is 4.81. The van der Waals surface area contributed by atoms with E-state index in [2.05, 4.69) is 10.6 Å². The van der Waals surface area contributed by atoms with E-state index in [4.69, 9.17) is 0 Å². The van der Waals surface area contributed by atoms with Gasteiger partial charge in [-0.1, -0.05) is 0 Å². The lowest BCUT2D eigenvalue weighted by Gasteiger charge is -2.26. The van der Waals surface area contributed by atoms with Gasteiger partial charge in [0.05, 0.1) is 6.10 Å². The van der Waals surface area contributed by atoms with Gasteiger partial charge < -0.3 is 20.6 Å². The summed E-state index contributed by atoms with van der Waals surface area (Å²) in [4.78, 5) is 12.7. The van der Waals surface area contributed by atoms with Crippen molar-refractivity contribution in [2.75, 3.05) is 27.2 Å². The smallest absolute Gasteiger partial charge is 0.316 e. The van der Waals surface area contributed by atoms with Crippen LogP contribution in [0, 0.1) is 0 Å². The summed E-state index contributed by atoms with van der Waals surface area (Å²) in [5.41, 5.74) is 0. The van der Waals surface area contributed by atoms with Gasteiger partial charge in [0, 0.05) is 33.2 Å². The average Bonchev–Trinajstić information content (AvgIpc) is 2.26. The Morgan fingerprint density at radius 3 is 2.44 bits per heavy atom. The molecule has 1 rings (SSSR count). The maximum atomic E-state index is 11.2. The molecule has 0 atom stereocenters. The van der Waals surface area contributed by atoms with Crippen LogP contribution in [0.25, 0.3) is 0 Å². The first kappa shape index (κ1) is 13.3. The molecule has 0 aromatic rings. The van der Waals surface area contributed by atoms with Crippen molar-refractivity contribution >= 4 is 6.03 Å². The lowest BCUT2D eigenvalue weighted by molar-refractivity contribution is 0.117. The van der Waals surface area contributed by atoms with Crippen LogP contribution in [0.3, 0.4) is 0 Å². The zero-order valence-corrected chi connectivity index (χ0v) is 10.2. The Balaban J connectivity index is 2.01. The van der Waals surface area contributed by atoms with Crippen LogP contribution < -0.4 is 10.6 Å². The minimum absolute atomic E-state index is 0.0548. The first-order chi connectivity index (χ1) is 7.59. The largest absolute Gasteiger partial charge is 0.393 e. The molecule has 0 saturated heterocycles. The highest BCUT2D eigenvalue weighted by atomic mass is 16.3. The Morgan fingerprint density at radius 2 is 1.88 bits per heavy atom. The quantitative estimate of drug-likeness (QED) is 0.601. The number of carbonyl (C=O) groups is 1. The zero-order chi connectivity index (χ0) is 12.0. The summed E-state index contributed by atoms with van der Waals surface area (Å²) in [5.74, 6) is 0. The molecule has 16 heavy (non-hydrogen) atoms. The lowest BCUT2D eigenvalue weighted by atomic mass is 9.93. The molecule has 1 aliphatic carbocycles. The topological polar surface area (TPSA) is 64.6 Å². The number of hydrogen-bond acceptors (Lipinski definition) is 3. The van der Waals surface area contributed by atoms with Crippen LogP contribution in [-0.4, -0.2) is 55.4 Å². The minimum Gasteiger partial charge on any atom is -0.393 e. The summed E-state index contributed by atoms with van der Waals surface area (Å²) >= 11 is 0. The molecule has 0 radical (unpaired) electrons. The van der Waals surface area contributed by atoms with E-state index in [1.54, 1.807) is 14.1 Å². The number of nitrogens with one attached hydrogen (secondary N) is 2. The molecule has 0 spiro atoms. The van der Waals surface area contributed by atoms with Crippen LogP contribution in [0.2, 0.25) is 0 Å². The lowest BCUT2D eigenvalue weighted by Crippen LogP contribution is -2.42. The van der Waals surface area contributed by atoms with Crippen molar-refractivity contribution in [3.63, 3.8) is 0 Å². The molecule has 0 aliphatic heterocycles. The summed E-state index contributed by atoms with van der Waals surface area (Å²) in [5, 5.41) is 15.5. The van der Waals surface area contributed by atoms with Crippen molar-refractivity contribution in [1.29, 1.82) is 0 Å². The Hall–Kier alpha value is -0.810. The van der Waals surface area contributed by atoms with Gasteiger partial charge in [-0.15, -0.1) is 0 Å². The molecule has 1 saturated carbocycles. The number of aliphatic hydroxyl groups excluding tert-OH is 1. The van der Waals surface area contributed by atoms with Gasteiger partial charge in [0.25, 0.3) is 0 Å². The first-order valence-corrected chi connectivity index (χ1v) is 5.96. The first-order valence-electron chi connectivity index (χ1n) is 5.96. The molecule has 0 aromatic heterocycles. The highest BCUT2D eigenvalue weighted by molar-refractivity contribution is 5.73. The molecule has 0 bridgehead atoms. The maximum Gasteiger partial charge on any atom is 0.316 e. The number of aliphatic hydroxyl groups is 1. The van der Waals surface area contributed by atoms with Crippen LogP contribution in [0.1, 0.15) is 25.7 Å². The standard InChI is InChI=1S/C11H23N3O2/c1-14(2)11(16)13-8-7-12-9-3-5-10(15)6-4-9/h9-10,12,15H,3-8H2,1-2H3,(H,13,16). The minimum atomic E-state index is -0.105. The van der Waals surface area contributed by atoms with E-state index in [0.29, 0.717) is 12.6 Å². The van der Waals surface area contributed by atoms with Crippen LogP contribution in [0.5, 0.6) is 0 Å². The predicted octanol–water partition coefficient (Wildman–Crippen LogP) is 0.151. The second kappa shape index (κ2) is 6.70. The van der Waals surface area contributed by atoms with Crippen molar-refractivity contribution in [2.24, 2.45) is 0 Å². The van der Waals surface area contributed by atoms with Gasteiger partial charge in [-0.3, -0.25) is 0 Å². The van der Waals surface area contributed by atoms with Crippen molar-refractivity contribution in [3.05, 3.63) is 0 Å². The van der Waals surface area contributed by atoms with E-state index in [0.717, 1.165) is 32.2 Å². The molecule has 3 N–H and O–H groups in total. The van der Waals surface area contributed by atoms with E-state index in [9.17, 15) is 9.90 Å². The molecule has 2 amide bonds. The highest BCUT2D eigenvalue weighted by Crippen LogP contribution is 2.17. The van der Waals surface area contributed by atoms with Crippen LogP contribution in [0.4, 0.5) is 4.79 Å². The normalized spacial score (nSPS) is 25.2. The van der Waals surface area contributed by atoms with Crippen molar-refractivity contribution < 1.29 is 9.90 Å². The third-order valence-electron chi connectivity index (χ3n) is 2.94. The van der Waals surface area contributed by atoms with Gasteiger partial charge >= 0.3 is 6.03 Å². The van der Waals surface area contributed by atoms with Gasteiger partial charge in [-0.25, -0.2) is 4.79 Å². The van der Waals surface area contributed by atoms with E-state index in [1.807, 2.05) is 0 Å². The van der Waals surface area contributed by atoms with Crippen molar-refractivity contribution in [2.45, 2.75) is 37.8 Å². The molecule has 1 fully saturated rings. The molecule has 0 aromatic carbocycles. The van der Waals surface area contributed by atoms with E-state index in [-0.39, 0.29) is 12.1 Å². The number of hydrogen-bond donors (Lipinski definition) is 3. The van der Waals surface area contributed by atoms with E-state index >= 15 is 0 Å². The zero-order valence-electron chi connectivity index (χ0n) is 10.2. The molecule has 94 valence electrons. The highest BCUT2D eigenvalue weighted by Gasteiger charge is 2.18. The van der Waals surface area contributed by atoms with Gasteiger partial charge in [-0.2, -0.15) is 0 Å². The van der Waals surface area contributed by atoms with Crippen LogP contribution in [-0.2, 0) is 0 Å². The summed E-state index contributed by atoms with van der Waals surface area (Å²) in [6.07, 6.45) is 3.74. The number of nitrogens with zero attached hydrogens (tertiary/aromatic N) is 1. The maximum absolute atomic E-state index is 11.2. The van der Waals surface area contributed by atoms with Crippen LogP contribution in [0.15, 0.2) is 0 Å². The fraction of sp³-hybridized carbons (Fsp3) is 0.909. The SMILES string of the molecule is CN(C)C(=O)NCCNC1CCC(O)CC1. The second-order valence-corrected chi connectivity index (χ2v) is 4.59. The molecule has 5 heteroatoms.